The molecule has 0 fully saturated rings. The zero-order chi connectivity index (χ0) is 12.3. The molecule has 1 aromatic rings. The maximum Gasteiger partial charge on any atom is 0.331 e. The molecule has 0 radical (unpaired) electrons. The summed E-state index contributed by atoms with van der Waals surface area (Å²) in [7, 11) is 1.09. The molecule has 0 bridgehead atoms. The molecule has 0 aliphatic heterocycles. The van der Waals surface area contributed by atoms with Crippen molar-refractivity contribution in [2.24, 2.45) is 0 Å². The number of pyridine rings is 1. The minimum atomic E-state index is -2.93. The summed E-state index contributed by atoms with van der Waals surface area (Å²) in [5.74, 6) is -0.502. The minimum Gasteiger partial charge on any atom is -0.476 e. The van der Waals surface area contributed by atoms with E-state index >= 15 is 0 Å². The summed E-state index contributed by atoms with van der Waals surface area (Å²) in [6.07, 6.45) is -2.93. The van der Waals surface area contributed by atoms with Crippen molar-refractivity contribution >= 4 is 5.69 Å². The third kappa shape index (κ3) is 2.22. The van der Waals surface area contributed by atoms with Crippen molar-refractivity contribution in [3.8, 4) is 5.88 Å². The van der Waals surface area contributed by atoms with E-state index in [1.165, 1.54) is 0 Å². The second kappa shape index (κ2) is 4.79. The van der Waals surface area contributed by atoms with Gasteiger partial charge in [-0.2, -0.15) is 0 Å². The van der Waals surface area contributed by atoms with Crippen molar-refractivity contribution in [3.63, 3.8) is 0 Å². The Balaban J connectivity index is 3.40. The Morgan fingerprint density at radius 3 is 2.69 bits per heavy atom. The van der Waals surface area contributed by atoms with E-state index in [0.29, 0.717) is 0 Å². The van der Waals surface area contributed by atoms with E-state index in [-0.39, 0.29) is 5.56 Å². The molecule has 16 heavy (non-hydrogen) atoms. The van der Waals surface area contributed by atoms with Crippen molar-refractivity contribution in [2.45, 2.75) is 13.0 Å². The average molecular weight is 234 g/mol. The Morgan fingerprint density at radius 1 is 1.69 bits per heavy atom. The van der Waals surface area contributed by atoms with E-state index in [9.17, 15) is 18.9 Å². The van der Waals surface area contributed by atoms with Crippen LogP contribution in [0.15, 0.2) is 6.07 Å². The van der Waals surface area contributed by atoms with Gasteiger partial charge in [0.05, 0.1) is 18.6 Å². The molecular formula is C8H8F2N2O4. The van der Waals surface area contributed by atoms with Crippen molar-refractivity contribution in [3.05, 3.63) is 27.4 Å². The van der Waals surface area contributed by atoms with E-state index in [4.69, 9.17) is 5.11 Å². The fraction of sp³-hybridized carbons (Fsp3) is 0.375. The number of rotatable bonds is 4. The lowest BCUT2D eigenvalue weighted by Gasteiger charge is -2.08. The first-order valence-corrected chi connectivity index (χ1v) is 4.12. The summed E-state index contributed by atoms with van der Waals surface area (Å²) in [4.78, 5) is 13.0. The predicted octanol–water partition coefficient (Wildman–Crippen LogP) is 1.43. The minimum absolute atomic E-state index is 0.289. The molecule has 1 heterocycles. The molecule has 6 nitrogen and oxygen atoms in total. The molecular weight excluding hydrogens is 226 g/mol. The van der Waals surface area contributed by atoms with Crippen LogP contribution in [0.3, 0.4) is 0 Å². The first kappa shape index (κ1) is 12.2. The Morgan fingerprint density at radius 2 is 2.31 bits per heavy atom. The highest BCUT2D eigenvalue weighted by atomic mass is 19.3. The topological polar surface area (TPSA) is 85.5 Å². The fourth-order valence-corrected chi connectivity index (χ4v) is 1.14. The summed E-state index contributed by atoms with van der Waals surface area (Å²) in [6.45, 7) is -0.752. The molecule has 0 aliphatic rings. The number of alkyl halides is 2. The zero-order valence-corrected chi connectivity index (χ0v) is 8.18. The van der Waals surface area contributed by atoms with Crippen LogP contribution in [0, 0.1) is 10.1 Å². The Hall–Kier alpha value is -1.83. The molecule has 1 N–H and O–H groups in total. The van der Waals surface area contributed by atoms with Gasteiger partial charge in [0.1, 0.15) is 5.69 Å². The smallest absolute Gasteiger partial charge is 0.331 e. The van der Waals surface area contributed by atoms with Crippen molar-refractivity contribution in [1.29, 1.82) is 0 Å². The van der Waals surface area contributed by atoms with Crippen molar-refractivity contribution in [2.75, 3.05) is 7.11 Å². The second-order valence-electron chi connectivity index (χ2n) is 2.78. The van der Waals surface area contributed by atoms with Crippen LogP contribution in [0.5, 0.6) is 5.88 Å². The molecule has 8 heteroatoms. The maximum atomic E-state index is 12.5. The van der Waals surface area contributed by atoms with Crippen molar-refractivity contribution < 1.29 is 23.5 Å². The number of hydrogen-bond donors (Lipinski definition) is 1. The summed E-state index contributed by atoms with van der Waals surface area (Å²) >= 11 is 0. The Kier molecular flexibility index (Phi) is 3.67. The molecule has 1 rings (SSSR count). The van der Waals surface area contributed by atoms with E-state index in [1.54, 1.807) is 0 Å². The Labute approximate surface area is 88.6 Å². The van der Waals surface area contributed by atoms with Crippen LogP contribution in [0.25, 0.3) is 0 Å². The molecule has 0 amide bonds. The maximum absolute atomic E-state index is 12.5. The lowest BCUT2D eigenvalue weighted by molar-refractivity contribution is -0.386. The molecule has 0 aliphatic carbocycles. The van der Waals surface area contributed by atoms with E-state index in [2.05, 4.69) is 9.72 Å². The van der Waals surface area contributed by atoms with Gasteiger partial charge in [-0.25, -0.2) is 13.8 Å². The van der Waals surface area contributed by atoms with Gasteiger partial charge in [0.15, 0.2) is 0 Å². The van der Waals surface area contributed by atoms with Gasteiger partial charge in [0.25, 0.3) is 12.3 Å². The van der Waals surface area contributed by atoms with E-state index < -0.39 is 35.2 Å². The number of ether oxygens (including phenoxy) is 1. The van der Waals surface area contributed by atoms with Crippen LogP contribution in [0.1, 0.15) is 17.7 Å². The highest BCUT2D eigenvalue weighted by Crippen LogP contribution is 2.31. The molecule has 0 atom stereocenters. The van der Waals surface area contributed by atoms with Crippen LogP contribution >= 0.6 is 0 Å². The third-order valence-corrected chi connectivity index (χ3v) is 1.85. The predicted molar refractivity (Wildman–Crippen MR) is 48.3 cm³/mol. The summed E-state index contributed by atoms with van der Waals surface area (Å²) in [6, 6.07) is 0.827. The van der Waals surface area contributed by atoms with Crippen molar-refractivity contribution in [1.82, 2.24) is 4.98 Å². The van der Waals surface area contributed by atoms with Gasteiger partial charge in [0.2, 0.25) is 0 Å². The molecule has 0 aromatic carbocycles. The largest absolute Gasteiger partial charge is 0.476 e. The lowest BCUT2D eigenvalue weighted by atomic mass is 10.2. The molecule has 0 saturated carbocycles. The molecule has 0 spiro atoms. The molecule has 0 saturated heterocycles. The summed E-state index contributed by atoms with van der Waals surface area (Å²) in [5, 5.41) is 19.3. The van der Waals surface area contributed by atoms with Gasteiger partial charge in [0, 0.05) is 11.6 Å². The number of methoxy groups -OCH3 is 1. The highest BCUT2D eigenvalue weighted by Gasteiger charge is 2.24. The van der Waals surface area contributed by atoms with Crippen LogP contribution in [0.4, 0.5) is 14.5 Å². The highest BCUT2D eigenvalue weighted by molar-refractivity contribution is 5.45. The number of aromatic nitrogens is 1. The zero-order valence-electron chi connectivity index (χ0n) is 8.18. The third-order valence-electron chi connectivity index (χ3n) is 1.85. The monoisotopic (exact) mass is 234 g/mol. The molecule has 0 unspecified atom stereocenters. The van der Waals surface area contributed by atoms with Crippen LogP contribution in [-0.4, -0.2) is 22.1 Å². The van der Waals surface area contributed by atoms with Gasteiger partial charge in [-0.1, -0.05) is 0 Å². The van der Waals surface area contributed by atoms with E-state index in [1.807, 2.05) is 0 Å². The first-order chi connectivity index (χ1) is 7.51. The van der Waals surface area contributed by atoms with Crippen LogP contribution in [0.2, 0.25) is 0 Å². The first-order valence-electron chi connectivity index (χ1n) is 4.12. The summed E-state index contributed by atoms with van der Waals surface area (Å²) < 4.78 is 29.5. The Bertz CT molecular complexity index is 411. The quantitative estimate of drug-likeness (QED) is 0.629. The molecule has 1 aromatic heterocycles. The SMILES string of the molecule is COc1nc(C(F)F)c(CO)cc1[N+](=O)[O-]. The number of hydrogen-bond acceptors (Lipinski definition) is 5. The summed E-state index contributed by atoms with van der Waals surface area (Å²) in [5.41, 5.74) is -1.57. The normalized spacial score (nSPS) is 10.6. The number of aliphatic hydroxyl groups excluding tert-OH is 1. The average Bonchev–Trinajstić information content (AvgIpc) is 2.26. The van der Waals surface area contributed by atoms with Gasteiger partial charge in [-0.05, 0) is 0 Å². The number of halogens is 2. The standard InChI is InChI=1S/C8H8F2N2O4/c1-16-8-5(12(14)15)2-4(3-13)6(11-8)7(9)10/h2,7,13H,3H2,1H3. The van der Waals surface area contributed by atoms with Gasteiger partial charge in [-0.3, -0.25) is 10.1 Å². The van der Waals surface area contributed by atoms with Crippen LogP contribution in [-0.2, 0) is 6.61 Å². The van der Waals surface area contributed by atoms with Gasteiger partial charge in [-0.15, -0.1) is 0 Å². The second-order valence-corrected chi connectivity index (χ2v) is 2.78. The fourth-order valence-electron chi connectivity index (χ4n) is 1.14. The lowest BCUT2D eigenvalue weighted by Crippen LogP contribution is -2.04. The number of aliphatic hydroxyl groups is 1. The van der Waals surface area contributed by atoms with Gasteiger partial charge < -0.3 is 9.84 Å². The van der Waals surface area contributed by atoms with Gasteiger partial charge >= 0.3 is 5.69 Å². The number of nitrogens with zero attached hydrogens (tertiary/aromatic N) is 2. The van der Waals surface area contributed by atoms with Crippen LogP contribution < -0.4 is 4.74 Å². The number of nitro groups is 1. The molecule has 88 valence electrons. The van der Waals surface area contributed by atoms with E-state index in [0.717, 1.165) is 13.2 Å².